The standard InChI is InChI=1S/C18H15ClFN3O/c19-13-6-7-15(20)14(10-13)18(24)23-16(11-17-21-8-9-22-17)12-4-2-1-3-5-12/h1-10,16H,11H2,(H,21,22)(H,23,24). The predicted octanol–water partition coefficient (Wildman–Crippen LogP) is 3.92. The van der Waals surface area contributed by atoms with Crippen LogP contribution in [0.25, 0.3) is 0 Å². The van der Waals surface area contributed by atoms with E-state index in [0.717, 1.165) is 11.4 Å². The van der Waals surface area contributed by atoms with E-state index < -0.39 is 11.7 Å². The van der Waals surface area contributed by atoms with Crippen LogP contribution in [0.3, 0.4) is 0 Å². The molecule has 1 atom stereocenters. The smallest absolute Gasteiger partial charge is 0.254 e. The summed E-state index contributed by atoms with van der Waals surface area (Å²) in [6, 6.07) is 13.0. The van der Waals surface area contributed by atoms with Crippen LogP contribution in [-0.2, 0) is 6.42 Å². The first-order valence-electron chi connectivity index (χ1n) is 7.42. The average molecular weight is 344 g/mol. The summed E-state index contributed by atoms with van der Waals surface area (Å²) in [5, 5.41) is 3.17. The molecular weight excluding hydrogens is 329 g/mol. The van der Waals surface area contributed by atoms with Gasteiger partial charge in [0.2, 0.25) is 0 Å². The van der Waals surface area contributed by atoms with Crippen LogP contribution in [-0.4, -0.2) is 15.9 Å². The molecule has 122 valence electrons. The van der Waals surface area contributed by atoms with E-state index in [-0.39, 0.29) is 11.6 Å². The van der Waals surface area contributed by atoms with Crippen molar-refractivity contribution in [3.8, 4) is 0 Å². The van der Waals surface area contributed by atoms with Gasteiger partial charge in [-0.1, -0.05) is 41.9 Å². The van der Waals surface area contributed by atoms with Crippen LogP contribution in [0.15, 0.2) is 60.9 Å². The molecule has 0 saturated heterocycles. The lowest BCUT2D eigenvalue weighted by atomic mass is 10.0. The summed E-state index contributed by atoms with van der Waals surface area (Å²) in [6.45, 7) is 0. The Labute approximate surface area is 143 Å². The Bertz CT molecular complexity index is 822. The fraction of sp³-hybridized carbons (Fsp3) is 0.111. The minimum atomic E-state index is -0.610. The van der Waals surface area contributed by atoms with E-state index >= 15 is 0 Å². The maximum absolute atomic E-state index is 13.9. The van der Waals surface area contributed by atoms with Crippen molar-refractivity contribution in [3.63, 3.8) is 0 Å². The van der Waals surface area contributed by atoms with E-state index in [1.807, 2.05) is 30.3 Å². The number of aromatic amines is 1. The van der Waals surface area contributed by atoms with Crippen molar-refractivity contribution < 1.29 is 9.18 Å². The fourth-order valence-electron chi connectivity index (χ4n) is 2.45. The number of carbonyl (C=O) groups excluding carboxylic acids is 1. The molecule has 0 saturated carbocycles. The van der Waals surface area contributed by atoms with Gasteiger partial charge >= 0.3 is 0 Å². The minimum Gasteiger partial charge on any atom is -0.349 e. The van der Waals surface area contributed by atoms with Gasteiger partial charge in [-0.3, -0.25) is 4.79 Å². The molecule has 6 heteroatoms. The molecule has 1 amide bonds. The molecular formula is C18H15ClFN3O. The average Bonchev–Trinajstić information content (AvgIpc) is 3.10. The zero-order valence-electron chi connectivity index (χ0n) is 12.7. The number of benzene rings is 2. The monoisotopic (exact) mass is 343 g/mol. The Morgan fingerprint density at radius 2 is 2.04 bits per heavy atom. The third kappa shape index (κ3) is 3.81. The number of nitrogens with zero attached hydrogens (tertiary/aromatic N) is 1. The molecule has 0 aliphatic rings. The molecule has 0 fully saturated rings. The Kier molecular flexibility index (Phi) is 4.91. The number of hydrogen-bond acceptors (Lipinski definition) is 2. The number of amides is 1. The van der Waals surface area contributed by atoms with Crippen LogP contribution in [0.4, 0.5) is 4.39 Å². The molecule has 0 aliphatic carbocycles. The topological polar surface area (TPSA) is 57.8 Å². The highest BCUT2D eigenvalue weighted by Crippen LogP contribution is 2.20. The molecule has 24 heavy (non-hydrogen) atoms. The number of H-pyrrole nitrogens is 1. The highest BCUT2D eigenvalue weighted by Gasteiger charge is 2.19. The van der Waals surface area contributed by atoms with Gasteiger partial charge in [-0.25, -0.2) is 9.37 Å². The largest absolute Gasteiger partial charge is 0.349 e. The van der Waals surface area contributed by atoms with Gasteiger partial charge in [0.1, 0.15) is 11.6 Å². The second-order valence-corrected chi connectivity index (χ2v) is 5.74. The highest BCUT2D eigenvalue weighted by atomic mass is 35.5. The third-order valence-corrected chi connectivity index (χ3v) is 3.87. The van der Waals surface area contributed by atoms with E-state index in [2.05, 4.69) is 15.3 Å². The molecule has 3 rings (SSSR count). The summed E-state index contributed by atoms with van der Waals surface area (Å²) >= 11 is 5.87. The summed E-state index contributed by atoms with van der Waals surface area (Å²) in [6.07, 6.45) is 3.83. The second kappa shape index (κ2) is 7.27. The summed E-state index contributed by atoms with van der Waals surface area (Å²) < 4.78 is 13.9. The first-order chi connectivity index (χ1) is 11.6. The van der Waals surface area contributed by atoms with Crippen molar-refractivity contribution in [1.82, 2.24) is 15.3 Å². The molecule has 0 bridgehead atoms. The number of imidazole rings is 1. The van der Waals surface area contributed by atoms with Gasteiger partial charge < -0.3 is 10.3 Å². The van der Waals surface area contributed by atoms with Crippen molar-refractivity contribution in [3.05, 3.63) is 88.7 Å². The van der Waals surface area contributed by atoms with E-state index in [9.17, 15) is 9.18 Å². The number of aromatic nitrogens is 2. The quantitative estimate of drug-likeness (QED) is 0.737. The van der Waals surface area contributed by atoms with E-state index in [1.165, 1.54) is 18.2 Å². The fourth-order valence-corrected chi connectivity index (χ4v) is 2.62. The summed E-state index contributed by atoms with van der Waals surface area (Å²) in [4.78, 5) is 19.7. The minimum absolute atomic E-state index is 0.0807. The van der Waals surface area contributed by atoms with Crippen molar-refractivity contribution in [1.29, 1.82) is 0 Å². The van der Waals surface area contributed by atoms with E-state index in [4.69, 9.17) is 11.6 Å². The van der Waals surface area contributed by atoms with Gasteiger partial charge in [0.15, 0.2) is 0 Å². The van der Waals surface area contributed by atoms with Crippen LogP contribution in [0.5, 0.6) is 0 Å². The number of hydrogen-bond donors (Lipinski definition) is 2. The van der Waals surface area contributed by atoms with Crippen LogP contribution in [0.2, 0.25) is 5.02 Å². The normalized spacial score (nSPS) is 11.9. The summed E-state index contributed by atoms with van der Waals surface area (Å²) in [5.41, 5.74) is 0.826. The van der Waals surface area contributed by atoms with Gasteiger partial charge in [-0.2, -0.15) is 0 Å². The molecule has 0 aliphatic heterocycles. The van der Waals surface area contributed by atoms with Gasteiger partial charge in [0, 0.05) is 23.8 Å². The molecule has 4 nitrogen and oxygen atoms in total. The Morgan fingerprint density at radius 1 is 1.25 bits per heavy atom. The number of carbonyl (C=O) groups is 1. The zero-order valence-corrected chi connectivity index (χ0v) is 13.4. The number of rotatable bonds is 5. The van der Waals surface area contributed by atoms with Crippen LogP contribution in [0.1, 0.15) is 27.8 Å². The van der Waals surface area contributed by atoms with Gasteiger partial charge in [0.05, 0.1) is 11.6 Å². The number of nitrogens with one attached hydrogen (secondary N) is 2. The van der Waals surface area contributed by atoms with Crippen LogP contribution >= 0.6 is 11.6 Å². The van der Waals surface area contributed by atoms with Gasteiger partial charge in [-0.15, -0.1) is 0 Å². The maximum atomic E-state index is 13.9. The van der Waals surface area contributed by atoms with Crippen molar-refractivity contribution in [2.24, 2.45) is 0 Å². The lowest BCUT2D eigenvalue weighted by molar-refractivity contribution is 0.0932. The molecule has 3 aromatic rings. The lowest BCUT2D eigenvalue weighted by Gasteiger charge is -2.18. The zero-order chi connectivity index (χ0) is 16.9. The van der Waals surface area contributed by atoms with Crippen molar-refractivity contribution >= 4 is 17.5 Å². The predicted molar refractivity (Wildman–Crippen MR) is 90.4 cm³/mol. The second-order valence-electron chi connectivity index (χ2n) is 5.30. The molecule has 2 aromatic carbocycles. The van der Waals surface area contributed by atoms with Gasteiger partial charge in [0.25, 0.3) is 5.91 Å². The first-order valence-corrected chi connectivity index (χ1v) is 7.80. The molecule has 1 aromatic heterocycles. The Morgan fingerprint density at radius 3 is 2.75 bits per heavy atom. The summed E-state index contributed by atoms with van der Waals surface area (Å²) in [5.74, 6) is -0.396. The third-order valence-electron chi connectivity index (χ3n) is 3.63. The lowest BCUT2D eigenvalue weighted by Crippen LogP contribution is -2.30. The Hall–Kier alpha value is -2.66. The Balaban J connectivity index is 1.86. The first kappa shape index (κ1) is 16.2. The SMILES string of the molecule is O=C(NC(Cc1ncc[nH]1)c1ccccc1)c1cc(Cl)ccc1F. The highest BCUT2D eigenvalue weighted by molar-refractivity contribution is 6.31. The molecule has 0 spiro atoms. The maximum Gasteiger partial charge on any atom is 0.254 e. The van der Waals surface area contributed by atoms with Crippen LogP contribution < -0.4 is 5.32 Å². The molecule has 1 heterocycles. The summed E-state index contributed by atoms with van der Waals surface area (Å²) in [7, 11) is 0. The molecule has 1 unspecified atom stereocenters. The van der Waals surface area contributed by atoms with Crippen molar-refractivity contribution in [2.75, 3.05) is 0 Å². The van der Waals surface area contributed by atoms with Crippen LogP contribution in [0, 0.1) is 5.82 Å². The van der Waals surface area contributed by atoms with E-state index in [1.54, 1.807) is 12.4 Å². The van der Waals surface area contributed by atoms with Gasteiger partial charge in [-0.05, 0) is 23.8 Å². The number of halogens is 2. The molecule has 0 radical (unpaired) electrons. The van der Waals surface area contributed by atoms with E-state index in [0.29, 0.717) is 11.4 Å². The van der Waals surface area contributed by atoms with Crippen molar-refractivity contribution in [2.45, 2.75) is 12.5 Å². The molecule has 2 N–H and O–H groups in total.